The lowest BCUT2D eigenvalue weighted by Crippen LogP contribution is -2.31. The van der Waals surface area contributed by atoms with E-state index in [0.29, 0.717) is 18.8 Å². The average Bonchev–Trinajstić information content (AvgIpc) is 3.46. The van der Waals surface area contributed by atoms with E-state index in [1.165, 1.54) is 0 Å². The van der Waals surface area contributed by atoms with Crippen LogP contribution in [0, 0.1) is 0 Å². The average molecular weight is 395 g/mol. The maximum atomic E-state index is 12.9. The van der Waals surface area contributed by atoms with E-state index >= 15 is 0 Å². The number of thioether (sulfide) groups is 1. The zero-order valence-corrected chi connectivity index (χ0v) is 16.3. The number of hydrogen-bond acceptors (Lipinski definition) is 5. The van der Waals surface area contributed by atoms with Gasteiger partial charge in [0.05, 0.1) is 47.7 Å². The van der Waals surface area contributed by atoms with Crippen LogP contribution in [-0.4, -0.2) is 26.5 Å². The van der Waals surface area contributed by atoms with Crippen molar-refractivity contribution < 1.29 is 13.6 Å². The highest BCUT2D eigenvalue weighted by molar-refractivity contribution is 8.00. The molecule has 3 aromatic heterocycles. The molecule has 144 valence electrons. The number of aromatic nitrogens is 2. The number of carbonyl (C=O) groups is 1. The van der Waals surface area contributed by atoms with Gasteiger partial charge in [0.1, 0.15) is 17.3 Å². The number of para-hydroxylation sites is 2. The Kier molecular flexibility index (Phi) is 5.53. The predicted molar refractivity (Wildman–Crippen MR) is 109 cm³/mol. The number of nitrogens with zero attached hydrogens (tertiary/aromatic N) is 2. The van der Waals surface area contributed by atoms with E-state index in [0.717, 1.165) is 28.4 Å². The number of carbonyl (C=O) groups excluding carboxylic acids is 1. The highest BCUT2D eigenvalue weighted by Gasteiger charge is 2.20. The third-order valence-electron chi connectivity index (χ3n) is 4.46. The number of hydrogen-bond donors (Lipinski definition) is 1. The van der Waals surface area contributed by atoms with Crippen LogP contribution < -0.4 is 0 Å². The molecular formula is C21H21N3O3S. The van der Waals surface area contributed by atoms with Crippen LogP contribution in [-0.2, 0) is 17.9 Å². The van der Waals surface area contributed by atoms with Crippen molar-refractivity contribution in [1.82, 2.24) is 14.9 Å². The smallest absolute Gasteiger partial charge is 0.233 e. The van der Waals surface area contributed by atoms with Gasteiger partial charge in [-0.15, -0.1) is 11.8 Å². The topological polar surface area (TPSA) is 75.3 Å². The number of fused-ring (bicyclic) bond motifs is 1. The monoisotopic (exact) mass is 395 g/mol. The molecule has 1 aromatic carbocycles. The Balaban J connectivity index is 1.41. The lowest BCUT2D eigenvalue weighted by Gasteiger charge is -2.21. The van der Waals surface area contributed by atoms with Crippen LogP contribution in [0.5, 0.6) is 0 Å². The number of aromatic amines is 1. The van der Waals surface area contributed by atoms with Crippen LogP contribution in [0.2, 0.25) is 0 Å². The first-order valence-corrected chi connectivity index (χ1v) is 10.1. The van der Waals surface area contributed by atoms with Gasteiger partial charge in [-0.25, -0.2) is 4.98 Å². The molecule has 1 unspecified atom stereocenters. The third kappa shape index (κ3) is 4.31. The molecule has 0 bridgehead atoms. The molecule has 3 heterocycles. The highest BCUT2D eigenvalue weighted by atomic mass is 32.2. The molecule has 6 nitrogen and oxygen atoms in total. The molecule has 0 radical (unpaired) electrons. The van der Waals surface area contributed by atoms with Gasteiger partial charge < -0.3 is 18.7 Å². The van der Waals surface area contributed by atoms with Crippen molar-refractivity contribution in [2.24, 2.45) is 0 Å². The number of furan rings is 2. The zero-order chi connectivity index (χ0) is 19.3. The summed E-state index contributed by atoms with van der Waals surface area (Å²) in [4.78, 5) is 22.6. The molecule has 1 atom stereocenters. The first-order valence-electron chi connectivity index (χ1n) is 9.08. The second kappa shape index (κ2) is 8.39. The molecule has 0 saturated carbocycles. The highest BCUT2D eigenvalue weighted by Crippen LogP contribution is 2.28. The van der Waals surface area contributed by atoms with Crippen molar-refractivity contribution in [3.05, 3.63) is 78.4 Å². The van der Waals surface area contributed by atoms with Gasteiger partial charge in [0.2, 0.25) is 5.91 Å². The second-order valence-electron chi connectivity index (χ2n) is 6.50. The largest absolute Gasteiger partial charge is 0.467 e. The summed E-state index contributed by atoms with van der Waals surface area (Å²) in [5, 5.41) is 0.0745. The maximum absolute atomic E-state index is 12.9. The molecule has 0 spiro atoms. The molecular weight excluding hydrogens is 374 g/mol. The summed E-state index contributed by atoms with van der Waals surface area (Å²) in [7, 11) is 0. The lowest BCUT2D eigenvalue weighted by molar-refractivity contribution is -0.130. The van der Waals surface area contributed by atoms with Crippen LogP contribution in [0.1, 0.15) is 29.5 Å². The van der Waals surface area contributed by atoms with Gasteiger partial charge in [0.15, 0.2) is 0 Å². The fourth-order valence-electron chi connectivity index (χ4n) is 2.95. The van der Waals surface area contributed by atoms with Gasteiger partial charge in [-0.3, -0.25) is 4.79 Å². The Bertz CT molecular complexity index is 955. The summed E-state index contributed by atoms with van der Waals surface area (Å²) in [6, 6.07) is 15.3. The van der Waals surface area contributed by atoms with Crippen molar-refractivity contribution in [2.75, 3.05) is 5.75 Å². The van der Waals surface area contributed by atoms with Gasteiger partial charge in [-0.05, 0) is 43.3 Å². The minimum atomic E-state index is 0.0285. The Morgan fingerprint density at radius 1 is 1.07 bits per heavy atom. The lowest BCUT2D eigenvalue weighted by atomic mass is 10.3. The quantitative estimate of drug-likeness (QED) is 0.465. The van der Waals surface area contributed by atoms with Gasteiger partial charge in [-0.2, -0.15) is 0 Å². The molecule has 4 rings (SSSR count). The number of nitrogens with one attached hydrogen (secondary N) is 1. The summed E-state index contributed by atoms with van der Waals surface area (Å²) in [5.41, 5.74) is 1.95. The van der Waals surface area contributed by atoms with Crippen LogP contribution in [0.25, 0.3) is 11.0 Å². The van der Waals surface area contributed by atoms with E-state index in [9.17, 15) is 4.79 Å². The fourth-order valence-corrected chi connectivity index (χ4v) is 3.79. The van der Waals surface area contributed by atoms with Crippen LogP contribution in [0.15, 0.2) is 69.9 Å². The number of amides is 1. The Labute approximate surface area is 166 Å². The molecule has 0 aliphatic rings. The first kappa shape index (κ1) is 18.4. The van der Waals surface area contributed by atoms with E-state index in [-0.39, 0.29) is 11.2 Å². The maximum Gasteiger partial charge on any atom is 0.233 e. The normalized spacial score (nSPS) is 12.3. The summed E-state index contributed by atoms with van der Waals surface area (Å²) in [6.45, 7) is 2.87. The number of rotatable bonds is 8. The van der Waals surface area contributed by atoms with Crippen molar-refractivity contribution >= 4 is 28.7 Å². The van der Waals surface area contributed by atoms with Gasteiger partial charge in [0.25, 0.3) is 0 Å². The molecule has 0 saturated heterocycles. The van der Waals surface area contributed by atoms with E-state index in [2.05, 4.69) is 16.9 Å². The molecule has 0 fully saturated rings. The minimum absolute atomic E-state index is 0.0285. The summed E-state index contributed by atoms with van der Waals surface area (Å²) in [6.07, 6.45) is 3.23. The molecule has 0 aliphatic carbocycles. The van der Waals surface area contributed by atoms with Crippen molar-refractivity contribution in [3.8, 4) is 0 Å². The van der Waals surface area contributed by atoms with Crippen LogP contribution in [0.3, 0.4) is 0 Å². The van der Waals surface area contributed by atoms with E-state index in [1.54, 1.807) is 29.2 Å². The van der Waals surface area contributed by atoms with Crippen molar-refractivity contribution in [3.63, 3.8) is 0 Å². The van der Waals surface area contributed by atoms with Crippen molar-refractivity contribution in [1.29, 1.82) is 0 Å². The van der Waals surface area contributed by atoms with Gasteiger partial charge in [-0.1, -0.05) is 12.1 Å². The number of imidazole rings is 1. The summed E-state index contributed by atoms with van der Waals surface area (Å²) in [5.74, 6) is 2.74. The molecule has 1 amide bonds. The SMILES string of the molecule is CC(SCC(=O)N(Cc1ccco1)Cc1ccco1)c1nc2ccccc2[nH]1. The molecule has 1 N–H and O–H groups in total. The van der Waals surface area contributed by atoms with E-state index in [4.69, 9.17) is 8.83 Å². The predicted octanol–water partition coefficient (Wildman–Crippen LogP) is 4.77. The standard InChI is InChI=1S/C21H21N3O3S/c1-15(21-22-18-8-2-3-9-19(18)23-21)28-14-20(25)24(12-16-6-4-10-26-16)13-17-7-5-11-27-17/h2-11,15H,12-14H2,1H3,(H,22,23). The summed E-state index contributed by atoms with van der Waals surface area (Å²) < 4.78 is 10.8. The van der Waals surface area contributed by atoms with Gasteiger partial charge in [0, 0.05) is 0 Å². The molecule has 4 aromatic rings. The van der Waals surface area contributed by atoms with Crippen LogP contribution in [0.4, 0.5) is 0 Å². The van der Waals surface area contributed by atoms with Gasteiger partial charge >= 0.3 is 0 Å². The first-order chi connectivity index (χ1) is 13.7. The number of H-pyrrole nitrogens is 1. The number of benzene rings is 1. The third-order valence-corrected chi connectivity index (χ3v) is 5.59. The Hall–Kier alpha value is -2.93. The molecule has 28 heavy (non-hydrogen) atoms. The molecule has 7 heteroatoms. The summed E-state index contributed by atoms with van der Waals surface area (Å²) >= 11 is 1.56. The Morgan fingerprint density at radius 3 is 2.36 bits per heavy atom. The van der Waals surface area contributed by atoms with E-state index in [1.807, 2.05) is 48.5 Å². The van der Waals surface area contributed by atoms with Crippen LogP contribution >= 0.6 is 11.8 Å². The second-order valence-corrected chi connectivity index (χ2v) is 7.83. The van der Waals surface area contributed by atoms with E-state index < -0.39 is 0 Å². The fraction of sp³-hybridized carbons (Fsp3) is 0.238. The Morgan fingerprint density at radius 2 is 1.75 bits per heavy atom. The minimum Gasteiger partial charge on any atom is -0.467 e. The van der Waals surface area contributed by atoms with Crippen molar-refractivity contribution in [2.45, 2.75) is 25.3 Å². The zero-order valence-electron chi connectivity index (χ0n) is 15.5. The molecule has 0 aliphatic heterocycles.